The number of hydrogen-bond acceptors (Lipinski definition) is 13. The predicted octanol–water partition coefficient (Wildman–Crippen LogP) is -4.06. The number of pyridine rings is 1. The summed E-state index contributed by atoms with van der Waals surface area (Å²) in [6.07, 6.45) is -8.06. The van der Waals surface area contributed by atoms with Crippen LogP contribution in [0.25, 0.3) is 0 Å². The van der Waals surface area contributed by atoms with Crippen molar-refractivity contribution in [3.05, 3.63) is 56.6 Å². The van der Waals surface area contributed by atoms with E-state index >= 15 is 0 Å². The van der Waals surface area contributed by atoms with E-state index in [0.717, 1.165) is 12.4 Å². The van der Waals surface area contributed by atoms with Gasteiger partial charge in [-0.1, -0.05) is 6.92 Å². The Hall–Kier alpha value is -4.69. The van der Waals surface area contributed by atoms with Gasteiger partial charge in [-0.15, -0.1) is 0 Å². The number of aliphatic carboxylic acids is 2. The van der Waals surface area contributed by atoms with Gasteiger partial charge in [0.1, 0.15) is 48.4 Å². The molecule has 0 bridgehead atoms. The van der Waals surface area contributed by atoms with Crippen molar-refractivity contribution in [3.8, 4) is 5.75 Å². The zero-order chi connectivity index (χ0) is 32.9. The number of rotatable bonds is 13. The van der Waals surface area contributed by atoms with E-state index in [1.807, 2.05) is 4.98 Å². The topological polar surface area (TPSA) is 328 Å². The number of aromatic hydroxyl groups is 1. The van der Waals surface area contributed by atoms with Gasteiger partial charge in [0, 0.05) is 18.5 Å². The summed E-state index contributed by atoms with van der Waals surface area (Å²) < 4.78 is 5.60. The fourth-order valence-electron chi connectivity index (χ4n) is 4.48. The number of carbonyl (C=O) groups is 4. The highest BCUT2D eigenvalue weighted by atomic mass is 16.5. The van der Waals surface area contributed by atoms with Crippen LogP contribution in [0.2, 0.25) is 0 Å². The minimum Gasteiger partial charge on any atom is -0.506 e. The number of carboxylic acids is 2. The molecule has 3 rings (SSSR count). The van der Waals surface area contributed by atoms with Crippen LogP contribution in [0.4, 0.5) is 0 Å². The van der Waals surface area contributed by atoms with E-state index in [1.165, 1.54) is 19.1 Å². The lowest BCUT2D eigenvalue weighted by atomic mass is 9.92. The molecule has 0 aliphatic carbocycles. The van der Waals surface area contributed by atoms with Gasteiger partial charge < -0.3 is 56.7 Å². The van der Waals surface area contributed by atoms with Crippen molar-refractivity contribution in [3.63, 3.8) is 0 Å². The Morgan fingerprint density at radius 1 is 1.09 bits per heavy atom. The van der Waals surface area contributed by atoms with Crippen molar-refractivity contribution >= 4 is 23.8 Å². The van der Waals surface area contributed by atoms with Crippen LogP contribution in [0, 0.1) is 5.92 Å². The van der Waals surface area contributed by atoms with Gasteiger partial charge >= 0.3 is 17.6 Å². The smallest absolute Gasteiger partial charge is 0.326 e. The molecule has 3 heterocycles. The highest BCUT2D eigenvalue weighted by Crippen LogP contribution is 2.33. The molecule has 9 atom stereocenters. The van der Waals surface area contributed by atoms with Crippen molar-refractivity contribution in [2.75, 3.05) is 0 Å². The monoisotopic (exact) mass is 624 g/mol. The minimum atomic E-state index is -1.99. The third-order valence-corrected chi connectivity index (χ3v) is 7.07. The average Bonchev–Trinajstić information content (AvgIpc) is 3.25. The Labute approximate surface area is 246 Å². The van der Waals surface area contributed by atoms with Gasteiger partial charge in [-0.05, 0) is 18.6 Å². The molecule has 19 nitrogen and oxygen atoms in total. The number of nitrogens with zero attached hydrogens (tertiary/aromatic N) is 1. The summed E-state index contributed by atoms with van der Waals surface area (Å²) in [4.78, 5) is 80.9. The van der Waals surface area contributed by atoms with Crippen molar-refractivity contribution in [2.24, 2.45) is 11.7 Å². The number of carboxylic acid groups (broad SMARTS) is 2. The third-order valence-electron chi connectivity index (χ3n) is 7.07. The predicted molar refractivity (Wildman–Crippen MR) is 144 cm³/mol. The second-order valence-corrected chi connectivity index (χ2v) is 10.1. The van der Waals surface area contributed by atoms with E-state index < -0.39 is 102 Å². The van der Waals surface area contributed by atoms with E-state index in [4.69, 9.17) is 15.6 Å². The molecular weight excluding hydrogens is 592 g/mol. The molecule has 19 heteroatoms. The number of H-pyrrole nitrogens is 2. The van der Waals surface area contributed by atoms with Crippen LogP contribution in [0.1, 0.15) is 43.2 Å². The molecule has 1 fully saturated rings. The number of hydrogen-bond donors (Lipinski definition) is 11. The lowest BCUT2D eigenvalue weighted by Gasteiger charge is -2.30. The fraction of sp³-hybridized carbons (Fsp3) is 0.480. The number of carbonyl (C=O) groups excluding carboxylic acids is 2. The zero-order valence-corrected chi connectivity index (χ0v) is 23.0. The number of aliphatic hydroxyl groups is 3. The van der Waals surface area contributed by atoms with Gasteiger partial charge in [0.25, 0.3) is 5.56 Å². The fourth-order valence-corrected chi connectivity index (χ4v) is 4.48. The molecule has 2 aromatic rings. The van der Waals surface area contributed by atoms with Crippen LogP contribution in [-0.4, -0.2) is 106 Å². The molecule has 2 amide bonds. The van der Waals surface area contributed by atoms with Crippen LogP contribution in [0.3, 0.4) is 0 Å². The van der Waals surface area contributed by atoms with Crippen LogP contribution < -0.4 is 27.6 Å². The van der Waals surface area contributed by atoms with E-state index in [0.29, 0.717) is 0 Å². The first-order valence-corrected chi connectivity index (χ1v) is 13.1. The van der Waals surface area contributed by atoms with Crippen molar-refractivity contribution in [1.29, 1.82) is 0 Å². The number of ether oxygens (including phenoxy) is 1. The Balaban J connectivity index is 1.91. The van der Waals surface area contributed by atoms with Gasteiger partial charge in [0.2, 0.25) is 11.8 Å². The van der Waals surface area contributed by atoms with Crippen LogP contribution in [0.15, 0.2) is 34.1 Å². The summed E-state index contributed by atoms with van der Waals surface area (Å²) in [7, 11) is 0. The van der Waals surface area contributed by atoms with Gasteiger partial charge in [-0.25, -0.2) is 9.59 Å². The van der Waals surface area contributed by atoms with Crippen LogP contribution in [-0.2, 0) is 23.9 Å². The standard InChI is InChI=1S/C25H32N6O13/c1-8(16(35)11-3-2-9(32)6-27-11)14(26)22(39)30-15(23(40)29-12(24(41)42)4-5-13(33)34)20-18(37)17(36)19(44-20)10-7-28-25(43)31-21(10)38/h2-3,6-8,12,14-20,32,35-37H,4-5,26H2,1H3,(H,29,40)(H,30,39)(H,33,34)(H,41,42)(H2,28,31,38,43)/t8-,12-,14-,15-,16-,17?,18?,19?,20?/m0/s1. The average molecular weight is 625 g/mol. The molecule has 0 aromatic carbocycles. The quantitative estimate of drug-likeness (QED) is 0.101. The second-order valence-electron chi connectivity index (χ2n) is 10.1. The summed E-state index contributed by atoms with van der Waals surface area (Å²) in [6.45, 7) is 1.37. The Morgan fingerprint density at radius 3 is 2.34 bits per heavy atom. The largest absolute Gasteiger partial charge is 0.506 e. The van der Waals surface area contributed by atoms with E-state index in [9.17, 15) is 54.3 Å². The molecule has 2 aromatic heterocycles. The maximum atomic E-state index is 13.4. The molecule has 1 aliphatic heterocycles. The molecule has 0 spiro atoms. The normalized spacial score (nSPS) is 23.1. The molecule has 44 heavy (non-hydrogen) atoms. The Bertz CT molecular complexity index is 1480. The molecule has 1 saturated heterocycles. The molecule has 1 aliphatic rings. The lowest BCUT2D eigenvalue weighted by Crippen LogP contribution is -2.61. The minimum absolute atomic E-state index is 0.0437. The first-order chi connectivity index (χ1) is 20.6. The maximum Gasteiger partial charge on any atom is 0.326 e. The van der Waals surface area contributed by atoms with Crippen molar-refractivity contribution < 1.29 is 54.6 Å². The summed E-state index contributed by atoms with van der Waals surface area (Å²) in [5.74, 6) is -6.64. The van der Waals surface area contributed by atoms with Crippen molar-refractivity contribution in [2.45, 2.75) is 68.4 Å². The van der Waals surface area contributed by atoms with Gasteiger partial charge in [-0.2, -0.15) is 0 Å². The molecule has 0 radical (unpaired) electrons. The lowest BCUT2D eigenvalue weighted by molar-refractivity contribution is -0.145. The number of aliphatic hydroxyl groups excluding tert-OH is 3. The van der Waals surface area contributed by atoms with Gasteiger partial charge in [0.15, 0.2) is 0 Å². The number of nitrogens with one attached hydrogen (secondary N) is 4. The number of aromatic nitrogens is 3. The van der Waals surface area contributed by atoms with Crippen LogP contribution in [0.5, 0.6) is 5.75 Å². The Morgan fingerprint density at radius 2 is 1.77 bits per heavy atom. The first kappa shape index (κ1) is 33.8. The molecule has 240 valence electrons. The van der Waals surface area contributed by atoms with E-state index in [2.05, 4.69) is 20.6 Å². The molecular formula is C25H32N6O13. The highest BCUT2D eigenvalue weighted by molar-refractivity contribution is 5.92. The summed E-state index contributed by atoms with van der Waals surface area (Å²) in [6, 6.07) is -2.81. The maximum absolute atomic E-state index is 13.4. The van der Waals surface area contributed by atoms with Crippen molar-refractivity contribution in [1.82, 2.24) is 25.6 Å². The summed E-state index contributed by atoms with van der Waals surface area (Å²) in [5.41, 5.74) is 3.85. The number of aromatic amines is 2. The van der Waals surface area contributed by atoms with E-state index in [-0.39, 0.29) is 17.0 Å². The number of nitrogens with two attached hydrogens (primary N) is 1. The van der Waals surface area contributed by atoms with Crippen LogP contribution >= 0.6 is 0 Å². The first-order valence-electron chi connectivity index (χ1n) is 13.1. The Kier molecular flexibility index (Phi) is 10.9. The van der Waals surface area contributed by atoms with E-state index in [1.54, 1.807) is 0 Å². The van der Waals surface area contributed by atoms with Gasteiger partial charge in [-0.3, -0.25) is 29.1 Å². The molecule has 12 N–H and O–H groups in total. The summed E-state index contributed by atoms with van der Waals surface area (Å²) >= 11 is 0. The third kappa shape index (κ3) is 7.82. The number of amides is 2. The highest BCUT2D eigenvalue weighted by Gasteiger charge is 2.51. The molecule has 4 unspecified atom stereocenters. The SMILES string of the molecule is C[C@@H]([C@H](N)C(=O)N[C@H](C(=O)N[C@@H](CCC(=O)O)C(=O)O)C1OC(c2c[nH]c(=O)[nH]c2=O)C(O)C1O)[C@H](O)c1ccc(O)cn1. The summed E-state index contributed by atoms with van der Waals surface area (Å²) in [5, 5.41) is 64.3. The zero-order valence-electron chi connectivity index (χ0n) is 23.0. The van der Waals surface area contributed by atoms with Gasteiger partial charge in [0.05, 0.1) is 23.5 Å². The second kappa shape index (κ2) is 14.2. The molecule has 0 saturated carbocycles.